The van der Waals surface area contributed by atoms with Crippen molar-refractivity contribution in [3.05, 3.63) is 16.7 Å². The number of nitrogens with one attached hydrogen (secondary N) is 1. The number of hydrogen-bond acceptors (Lipinski definition) is 7. The van der Waals surface area contributed by atoms with Gasteiger partial charge < -0.3 is 20.5 Å². The average molecular weight is 283 g/mol. The van der Waals surface area contributed by atoms with Crippen molar-refractivity contribution in [3.63, 3.8) is 0 Å². The third-order valence-electron chi connectivity index (χ3n) is 3.24. The summed E-state index contributed by atoms with van der Waals surface area (Å²) in [5.41, 5.74) is 5.67. The first-order chi connectivity index (χ1) is 9.11. The molecule has 3 atom stereocenters. The van der Waals surface area contributed by atoms with Gasteiger partial charge in [-0.1, -0.05) is 0 Å². The Morgan fingerprint density at radius 3 is 3.11 bits per heavy atom. The third kappa shape index (κ3) is 1.90. The highest BCUT2D eigenvalue weighted by Crippen LogP contribution is 2.35. The van der Waals surface area contributed by atoms with Gasteiger partial charge in [0, 0.05) is 5.75 Å². The minimum Gasteiger partial charge on any atom is -0.395 e. The van der Waals surface area contributed by atoms with E-state index >= 15 is 0 Å². The van der Waals surface area contributed by atoms with Crippen LogP contribution in [0.3, 0.4) is 0 Å². The average Bonchev–Trinajstić information content (AvgIpc) is 2.92. The summed E-state index contributed by atoms with van der Waals surface area (Å²) in [4.78, 5) is 22.1. The van der Waals surface area contributed by atoms with Crippen LogP contribution in [0.5, 0.6) is 0 Å². The number of rotatable bonds is 2. The quantitative estimate of drug-likeness (QED) is 0.539. The van der Waals surface area contributed by atoms with E-state index in [1.165, 1.54) is 18.1 Å². The molecule has 5 N–H and O–H groups in total. The molecule has 1 saturated heterocycles. The molecule has 19 heavy (non-hydrogen) atoms. The van der Waals surface area contributed by atoms with E-state index in [-0.39, 0.29) is 29.4 Å². The lowest BCUT2D eigenvalue weighted by atomic mass is 10.1. The van der Waals surface area contributed by atoms with Gasteiger partial charge in [0.2, 0.25) is 5.95 Å². The van der Waals surface area contributed by atoms with Crippen molar-refractivity contribution in [1.82, 2.24) is 19.5 Å². The van der Waals surface area contributed by atoms with Crippen LogP contribution in [0, 0.1) is 0 Å². The molecule has 1 aliphatic rings. The smallest absolute Gasteiger partial charge is 0.280 e. The molecular weight excluding hydrogens is 270 g/mol. The second-order valence-corrected chi connectivity index (χ2v) is 5.66. The standard InChI is InChI=1S/C10H13N5O3S/c11-10-13-8-6(9(18)14-10)12-3-15(8)4-2-19-5(1-16)7(4)17/h3-5,7,16-17H,1-2H2,(H3,11,13,14,18)/t4-,5-,7+/m1/s1. The first-order valence-corrected chi connectivity index (χ1v) is 6.79. The van der Waals surface area contributed by atoms with Crippen molar-refractivity contribution in [2.75, 3.05) is 18.1 Å². The summed E-state index contributed by atoms with van der Waals surface area (Å²) >= 11 is 1.48. The van der Waals surface area contributed by atoms with Crippen molar-refractivity contribution in [2.24, 2.45) is 0 Å². The highest BCUT2D eigenvalue weighted by molar-refractivity contribution is 8.00. The largest absolute Gasteiger partial charge is 0.395 e. The van der Waals surface area contributed by atoms with Crippen molar-refractivity contribution >= 4 is 28.9 Å². The van der Waals surface area contributed by atoms with E-state index in [0.717, 1.165) is 0 Å². The van der Waals surface area contributed by atoms with Crippen LogP contribution >= 0.6 is 11.8 Å². The third-order valence-corrected chi connectivity index (χ3v) is 4.63. The van der Waals surface area contributed by atoms with Gasteiger partial charge >= 0.3 is 0 Å². The molecule has 1 fully saturated rings. The number of hydrogen-bond donors (Lipinski definition) is 4. The maximum Gasteiger partial charge on any atom is 0.280 e. The van der Waals surface area contributed by atoms with Gasteiger partial charge in [0.05, 0.1) is 30.3 Å². The molecule has 0 bridgehead atoms. The molecule has 0 aromatic carbocycles. The molecule has 0 aliphatic carbocycles. The summed E-state index contributed by atoms with van der Waals surface area (Å²) in [6, 6.07) is -0.277. The number of aliphatic hydroxyl groups excluding tert-OH is 2. The monoisotopic (exact) mass is 283 g/mol. The number of nitrogen functional groups attached to an aromatic ring is 1. The second-order valence-electron chi connectivity index (χ2n) is 4.39. The summed E-state index contributed by atoms with van der Waals surface area (Å²) < 4.78 is 1.65. The molecule has 0 saturated carbocycles. The highest BCUT2D eigenvalue weighted by Gasteiger charge is 2.37. The van der Waals surface area contributed by atoms with Gasteiger partial charge in [0.25, 0.3) is 5.56 Å². The first kappa shape index (κ1) is 12.5. The lowest BCUT2D eigenvalue weighted by Gasteiger charge is -2.18. The van der Waals surface area contributed by atoms with Crippen LogP contribution in [0.1, 0.15) is 6.04 Å². The van der Waals surface area contributed by atoms with Gasteiger partial charge in [-0.25, -0.2) is 4.98 Å². The van der Waals surface area contributed by atoms with Gasteiger partial charge in [-0.05, 0) is 0 Å². The number of nitrogens with two attached hydrogens (primary N) is 1. The topological polar surface area (TPSA) is 130 Å². The summed E-state index contributed by atoms with van der Waals surface area (Å²) in [5, 5.41) is 19.1. The fourth-order valence-corrected chi connectivity index (χ4v) is 3.54. The van der Waals surface area contributed by atoms with Crippen LogP contribution in [0.15, 0.2) is 11.1 Å². The molecule has 0 radical (unpaired) electrons. The van der Waals surface area contributed by atoms with Crippen molar-refractivity contribution < 1.29 is 10.2 Å². The van der Waals surface area contributed by atoms with Crippen LogP contribution < -0.4 is 11.3 Å². The molecule has 102 valence electrons. The van der Waals surface area contributed by atoms with E-state index in [2.05, 4.69) is 15.0 Å². The summed E-state index contributed by atoms with van der Waals surface area (Å²) in [5.74, 6) is 0.629. The number of aromatic amines is 1. The van der Waals surface area contributed by atoms with Crippen LogP contribution in [0.2, 0.25) is 0 Å². The summed E-state index contributed by atoms with van der Waals surface area (Å²) in [6.45, 7) is -0.0921. The maximum absolute atomic E-state index is 11.7. The highest BCUT2D eigenvalue weighted by atomic mass is 32.2. The molecular formula is C10H13N5O3S. The second kappa shape index (κ2) is 4.51. The number of imidazole rings is 1. The SMILES string of the molecule is Nc1nc2c(ncn2[C@@H]2CS[C@H](CO)[C@H]2O)c(=O)[nH]1. The number of aromatic nitrogens is 4. The number of thioether (sulfide) groups is 1. The van der Waals surface area contributed by atoms with Crippen LogP contribution in [-0.2, 0) is 0 Å². The molecule has 3 rings (SSSR count). The Bertz CT molecular complexity index is 669. The number of nitrogens with zero attached hydrogens (tertiary/aromatic N) is 3. The molecule has 0 amide bonds. The molecule has 9 heteroatoms. The lowest BCUT2D eigenvalue weighted by molar-refractivity contribution is 0.109. The molecule has 2 aromatic rings. The van der Waals surface area contributed by atoms with Gasteiger partial charge in [-0.2, -0.15) is 16.7 Å². The summed E-state index contributed by atoms with van der Waals surface area (Å²) in [6.07, 6.45) is 0.760. The summed E-state index contributed by atoms with van der Waals surface area (Å²) in [7, 11) is 0. The Morgan fingerprint density at radius 2 is 2.42 bits per heavy atom. The zero-order valence-corrected chi connectivity index (χ0v) is 10.7. The minimum atomic E-state index is -0.713. The Morgan fingerprint density at radius 1 is 1.63 bits per heavy atom. The molecule has 8 nitrogen and oxygen atoms in total. The van der Waals surface area contributed by atoms with Gasteiger partial charge in [-0.3, -0.25) is 9.78 Å². The van der Waals surface area contributed by atoms with E-state index in [9.17, 15) is 9.90 Å². The normalized spacial score (nSPS) is 27.2. The molecule has 2 aromatic heterocycles. The Kier molecular flexibility index (Phi) is 2.96. The molecule has 1 aliphatic heterocycles. The predicted octanol–water partition coefficient (Wildman–Crippen LogP) is -1.29. The molecule has 3 heterocycles. The number of anilines is 1. The maximum atomic E-state index is 11.7. The van der Waals surface area contributed by atoms with Crippen molar-refractivity contribution in [1.29, 1.82) is 0 Å². The fourth-order valence-electron chi connectivity index (χ4n) is 2.26. The zero-order valence-electron chi connectivity index (χ0n) is 9.85. The van der Waals surface area contributed by atoms with E-state index in [0.29, 0.717) is 11.4 Å². The van der Waals surface area contributed by atoms with Gasteiger partial charge in [0.15, 0.2) is 11.2 Å². The van der Waals surface area contributed by atoms with Crippen LogP contribution in [-0.4, -0.2) is 53.4 Å². The lowest BCUT2D eigenvalue weighted by Crippen LogP contribution is -2.29. The molecule has 0 spiro atoms. The van der Waals surface area contributed by atoms with E-state index < -0.39 is 11.7 Å². The minimum absolute atomic E-state index is 0.0121. The number of H-pyrrole nitrogens is 1. The zero-order chi connectivity index (χ0) is 13.6. The van der Waals surface area contributed by atoms with E-state index in [1.807, 2.05) is 0 Å². The predicted molar refractivity (Wildman–Crippen MR) is 70.9 cm³/mol. The van der Waals surface area contributed by atoms with E-state index in [4.69, 9.17) is 10.8 Å². The van der Waals surface area contributed by atoms with E-state index in [1.54, 1.807) is 4.57 Å². The van der Waals surface area contributed by atoms with Crippen molar-refractivity contribution in [3.8, 4) is 0 Å². The Balaban J connectivity index is 2.09. The Labute approximate surface area is 111 Å². The number of fused-ring (bicyclic) bond motifs is 1. The van der Waals surface area contributed by atoms with Crippen molar-refractivity contribution in [2.45, 2.75) is 17.4 Å². The first-order valence-electron chi connectivity index (χ1n) is 5.74. The van der Waals surface area contributed by atoms with Crippen LogP contribution in [0.25, 0.3) is 11.2 Å². The number of aliphatic hydroxyl groups is 2. The fraction of sp³-hybridized carbons (Fsp3) is 0.500. The Hall–Kier alpha value is -1.58. The van der Waals surface area contributed by atoms with Crippen LogP contribution in [0.4, 0.5) is 5.95 Å². The molecule has 0 unspecified atom stereocenters. The van der Waals surface area contributed by atoms with Gasteiger partial charge in [0.1, 0.15) is 0 Å². The van der Waals surface area contributed by atoms with Gasteiger partial charge in [-0.15, -0.1) is 0 Å².